The number of ether oxygens (including phenoxy) is 4. The van der Waals surface area contributed by atoms with Crippen LogP contribution >= 0.6 is 0 Å². The van der Waals surface area contributed by atoms with Gasteiger partial charge in [0.15, 0.2) is 0 Å². The van der Waals surface area contributed by atoms with Gasteiger partial charge in [-0.05, 0) is 19.4 Å². The van der Waals surface area contributed by atoms with Crippen LogP contribution in [-0.4, -0.2) is 66.4 Å². The van der Waals surface area contributed by atoms with E-state index >= 15 is 0 Å². The van der Waals surface area contributed by atoms with Crippen LogP contribution in [0, 0.1) is 5.92 Å². The van der Waals surface area contributed by atoms with Crippen LogP contribution in [0.25, 0.3) is 0 Å². The lowest BCUT2D eigenvalue weighted by Gasteiger charge is -2.11. The van der Waals surface area contributed by atoms with Crippen molar-refractivity contribution in [2.45, 2.75) is 41.2 Å². The Morgan fingerprint density at radius 3 is 1.67 bits per heavy atom. The maximum absolute atomic E-state index is 5.30. The molecule has 0 aliphatic heterocycles. The van der Waals surface area contributed by atoms with Gasteiger partial charge in [-0.15, -0.1) is 0 Å². The minimum atomic E-state index is 0. The molecular weight excluding hydrogens is 270 g/mol. The summed E-state index contributed by atoms with van der Waals surface area (Å²) in [6.45, 7) is 13.8. The Morgan fingerprint density at radius 2 is 1.29 bits per heavy atom. The largest absolute Gasteiger partial charge is 0.382 e. The van der Waals surface area contributed by atoms with Crippen LogP contribution in [-0.2, 0) is 18.9 Å². The Bertz CT molecular complexity index is 168. The quantitative estimate of drug-likeness (QED) is 0.562. The smallest absolute Gasteiger partial charge is 0.0701 e. The van der Waals surface area contributed by atoms with Crippen LogP contribution in [0.2, 0.25) is 0 Å². The lowest BCUT2D eigenvalue weighted by molar-refractivity contribution is 0.0572. The van der Waals surface area contributed by atoms with Crippen molar-refractivity contribution in [2.75, 3.05) is 60.4 Å². The highest BCUT2D eigenvalue weighted by Crippen LogP contribution is 1.91. The van der Waals surface area contributed by atoms with Crippen LogP contribution in [0.15, 0.2) is 0 Å². The maximum Gasteiger partial charge on any atom is 0.0701 e. The molecule has 1 N–H and O–H groups in total. The van der Waals surface area contributed by atoms with Gasteiger partial charge in [0.2, 0.25) is 0 Å². The highest BCUT2D eigenvalue weighted by molar-refractivity contribution is 4.55. The van der Waals surface area contributed by atoms with Crippen LogP contribution in [0.5, 0.6) is 0 Å². The molecule has 0 spiro atoms. The van der Waals surface area contributed by atoms with Gasteiger partial charge in [0.05, 0.1) is 33.0 Å². The Kier molecular flexibility index (Phi) is 27.1. The summed E-state index contributed by atoms with van der Waals surface area (Å²) in [5, 5.41) is 3.26. The fourth-order valence-electron chi connectivity index (χ4n) is 1.27. The molecule has 0 fully saturated rings. The third-order valence-electron chi connectivity index (χ3n) is 2.24. The fraction of sp³-hybridized carbons (Fsp3) is 1.00. The summed E-state index contributed by atoms with van der Waals surface area (Å²) in [6, 6.07) is 0.442. The molecule has 1 unspecified atom stereocenters. The number of methoxy groups -OCH3 is 2. The molecule has 0 aliphatic rings. The molecule has 0 aromatic carbocycles. The molecule has 21 heavy (non-hydrogen) atoms. The predicted octanol–water partition coefficient (Wildman–Crippen LogP) is 2.59. The molecule has 0 radical (unpaired) electrons. The Balaban J connectivity index is -0.000000300. The van der Waals surface area contributed by atoms with Crippen LogP contribution in [0.1, 0.15) is 35.1 Å². The molecule has 0 saturated carbocycles. The van der Waals surface area contributed by atoms with Gasteiger partial charge < -0.3 is 24.3 Å². The molecule has 0 rings (SSSR count). The number of likely N-dealkylation sites (N-methyl/N-ethyl adjacent to an activating group) is 1. The van der Waals surface area contributed by atoms with E-state index in [1.807, 2.05) is 0 Å². The molecule has 132 valence electrons. The molecule has 0 aromatic heterocycles. The number of rotatable bonds is 12. The van der Waals surface area contributed by atoms with Crippen molar-refractivity contribution < 1.29 is 18.9 Å². The van der Waals surface area contributed by atoms with Crippen molar-refractivity contribution >= 4 is 0 Å². The average molecular weight is 309 g/mol. The molecule has 1 atom stereocenters. The van der Waals surface area contributed by atoms with Crippen molar-refractivity contribution in [1.29, 1.82) is 0 Å². The van der Waals surface area contributed by atoms with Gasteiger partial charge >= 0.3 is 0 Å². The van der Waals surface area contributed by atoms with E-state index in [4.69, 9.17) is 18.9 Å². The van der Waals surface area contributed by atoms with E-state index in [0.717, 1.165) is 19.8 Å². The summed E-state index contributed by atoms with van der Waals surface area (Å²) in [7, 11) is 3.36. The SMILES string of the molecule is C.CCNC(C)COCCOC.COCCOCC(C)C. The van der Waals surface area contributed by atoms with Crippen molar-refractivity contribution in [3.63, 3.8) is 0 Å². The lowest BCUT2D eigenvalue weighted by Crippen LogP contribution is -2.30. The molecule has 0 saturated heterocycles. The third-order valence-corrected chi connectivity index (χ3v) is 2.24. The van der Waals surface area contributed by atoms with E-state index in [1.165, 1.54) is 0 Å². The molecular formula is C16H39NO4. The summed E-state index contributed by atoms with van der Waals surface area (Å²) < 4.78 is 20.1. The molecule has 0 aromatic rings. The topological polar surface area (TPSA) is 49.0 Å². The Hall–Kier alpha value is -0.200. The summed E-state index contributed by atoms with van der Waals surface area (Å²) in [5.41, 5.74) is 0. The van der Waals surface area contributed by atoms with Gasteiger partial charge in [0.25, 0.3) is 0 Å². The fourth-order valence-corrected chi connectivity index (χ4v) is 1.27. The Morgan fingerprint density at radius 1 is 0.810 bits per heavy atom. The summed E-state index contributed by atoms with van der Waals surface area (Å²) >= 11 is 0. The summed E-state index contributed by atoms with van der Waals surface area (Å²) in [4.78, 5) is 0. The average Bonchev–Trinajstić information content (AvgIpc) is 2.41. The first-order valence-corrected chi connectivity index (χ1v) is 7.45. The highest BCUT2D eigenvalue weighted by Gasteiger charge is 1.97. The third kappa shape index (κ3) is 28.6. The van der Waals surface area contributed by atoms with Gasteiger partial charge in [-0.1, -0.05) is 28.2 Å². The van der Waals surface area contributed by atoms with E-state index in [0.29, 0.717) is 38.4 Å². The first kappa shape index (κ1) is 25.7. The predicted molar refractivity (Wildman–Crippen MR) is 90.1 cm³/mol. The van der Waals surface area contributed by atoms with Gasteiger partial charge in [0.1, 0.15) is 0 Å². The van der Waals surface area contributed by atoms with Crippen molar-refractivity contribution in [3.05, 3.63) is 0 Å². The zero-order valence-electron chi connectivity index (χ0n) is 14.2. The summed E-state index contributed by atoms with van der Waals surface area (Å²) in [5.74, 6) is 0.627. The molecule has 0 bridgehead atoms. The first-order chi connectivity index (χ1) is 9.58. The van der Waals surface area contributed by atoms with E-state index in [2.05, 4.69) is 33.0 Å². The Labute approximate surface area is 132 Å². The van der Waals surface area contributed by atoms with E-state index in [-0.39, 0.29) is 7.43 Å². The van der Waals surface area contributed by atoms with Crippen molar-refractivity contribution in [2.24, 2.45) is 5.92 Å². The van der Waals surface area contributed by atoms with Gasteiger partial charge in [-0.3, -0.25) is 0 Å². The van der Waals surface area contributed by atoms with Crippen LogP contribution in [0.3, 0.4) is 0 Å². The molecule has 5 heteroatoms. The normalized spacial score (nSPS) is 11.6. The zero-order chi connectivity index (χ0) is 15.6. The molecule has 5 nitrogen and oxygen atoms in total. The number of nitrogens with one attached hydrogen (secondary N) is 1. The number of hydrogen-bond donors (Lipinski definition) is 1. The van der Waals surface area contributed by atoms with Crippen molar-refractivity contribution in [3.8, 4) is 0 Å². The molecule has 0 heterocycles. The van der Waals surface area contributed by atoms with Crippen molar-refractivity contribution in [1.82, 2.24) is 5.32 Å². The van der Waals surface area contributed by atoms with E-state index in [1.54, 1.807) is 14.2 Å². The minimum Gasteiger partial charge on any atom is -0.382 e. The zero-order valence-corrected chi connectivity index (χ0v) is 14.2. The number of hydrogen-bond acceptors (Lipinski definition) is 5. The van der Waals surface area contributed by atoms with Crippen LogP contribution < -0.4 is 5.32 Å². The monoisotopic (exact) mass is 309 g/mol. The maximum atomic E-state index is 5.30. The van der Waals surface area contributed by atoms with Gasteiger partial charge in [0, 0.05) is 26.9 Å². The highest BCUT2D eigenvalue weighted by atomic mass is 16.5. The van der Waals surface area contributed by atoms with E-state index in [9.17, 15) is 0 Å². The second-order valence-electron chi connectivity index (χ2n) is 4.99. The standard InChI is InChI=1S/C8H19NO2.C7H16O2.CH4/c1-4-9-8(2)7-11-6-5-10-3;1-7(2)6-9-5-4-8-3;/h8-9H,4-7H2,1-3H3;7H,4-6H2,1-3H3;1H4. The van der Waals surface area contributed by atoms with Gasteiger partial charge in [-0.25, -0.2) is 0 Å². The summed E-state index contributed by atoms with van der Waals surface area (Å²) in [6.07, 6.45) is 0. The second kappa shape index (κ2) is 22.1. The molecule has 0 aliphatic carbocycles. The first-order valence-electron chi connectivity index (χ1n) is 7.45. The second-order valence-corrected chi connectivity index (χ2v) is 4.99. The van der Waals surface area contributed by atoms with Gasteiger partial charge in [-0.2, -0.15) is 0 Å². The van der Waals surface area contributed by atoms with E-state index < -0.39 is 0 Å². The molecule has 0 amide bonds. The minimum absolute atomic E-state index is 0. The lowest BCUT2D eigenvalue weighted by atomic mass is 10.2. The van der Waals surface area contributed by atoms with Crippen LogP contribution in [0.4, 0.5) is 0 Å².